The van der Waals surface area contributed by atoms with Crippen LogP contribution in [0.1, 0.15) is 16.8 Å². The molecule has 0 saturated carbocycles. The van der Waals surface area contributed by atoms with Crippen LogP contribution in [0, 0.1) is 5.82 Å². The second-order valence-electron chi connectivity index (χ2n) is 5.84. The Morgan fingerprint density at radius 2 is 1.71 bits per heavy atom. The lowest BCUT2D eigenvalue weighted by Gasteiger charge is -2.16. The molecule has 2 aromatic rings. The van der Waals surface area contributed by atoms with Gasteiger partial charge in [0.25, 0.3) is 0 Å². The van der Waals surface area contributed by atoms with Gasteiger partial charge in [-0.3, -0.25) is 4.99 Å². The van der Waals surface area contributed by atoms with E-state index >= 15 is 0 Å². The molecule has 0 aliphatic heterocycles. The van der Waals surface area contributed by atoms with Crippen molar-refractivity contribution in [2.75, 3.05) is 25.5 Å². The second kappa shape index (κ2) is 11.3. The zero-order valence-electron chi connectivity index (χ0n) is 15.9. The fourth-order valence-corrected chi connectivity index (χ4v) is 2.32. The summed E-state index contributed by atoms with van der Waals surface area (Å²) in [6.07, 6.45) is -8.35. The lowest BCUT2D eigenvalue weighted by Crippen LogP contribution is -2.39. The first-order chi connectivity index (χ1) is 14.0. The van der Waals surface area contributed by atoms with Crippen LogP contribution in [-0.4, -0.2) is 36.1 Å². The predicted octanol–water partition coefficient (Wildman–Crippen LogP) is 4.05. The molecule has 14 heteroatoms. The average Bonchev–Trinajstić information content (AvgIpc) is 2.67. The van der Waals surface area contributed by atoms with Gasteiger partial charge in [0.15, 0.2) is 5.96 Å². The number of alkyl halides is 6. The highest BCUT2D eigenvalue weighted by Gasteiger charge is 2.34. The van der Waals surface area contributed by atoms with Crippen LogP contribution in [0.4, 0.5) is 36.7 Å². The van der Waals surface area contributed by atoms with E-state index in [-0.39, 0.29) is 61.1 Å². The molecule has 0 radical (unpaired) electrons. The largest absolute Gasteiger partial charge is 0.433 e. The minimum Gasteiger partial charge on any atom is -0.355 e. The molecule has 0 amide bonds. The molecular formula is C17H18F7IN6. The number of aromatic nitrogens is 2. The molecule has 2 rings (SSSR count). The van der Waals surface area contributed by atoms with E-state index in [1.54, 1.807) is 0 Å². The van der Waals surface area contributed by atoms with Gasteiger partial charge in [-0.1, -0.05) is 6.07 Å². The molecule has 31 heavy (non-hydrogen) atoms. The topological polar surface area (TPSA) is 74.2 Å². The van der Waals surface area contributed by atoms with Crippen LogP contribution in [0.3, 0.4) is 0 Å². The van der Waals surface area contributed by atoms with Crippen molar-refractivity contribution in [2.45, 2.75) is 18.9 Å². The lowest BCUT2D eigenvalue weighted by atomic mass is 10.1. The van der Waals surface area contributed by atoms with Crippen molar-refractivity contribution in [1.29, 1.82) is 0 Å². The lowest BCUT2D eigenvalue weighted by molar-refractivity contribution is -0.141. The summed E-state index contributed by atoms with van der Waals surface area (Å²) in [4.78, 5) is 10.8. The summed E-state index contributed by atoms with van der Waals surface area (Å²) in [6.45, 7) is -0.0276. The molecule has 0 aliphatic rings. The monoisotopic (exact) mass is 566 g/mol. The minimum absolute atomic E-state index is 0. The Morgan fingerprint density at radius 1 is 1.00 bits per heavy atom. The highest BCUT2D eigenvalue weighted by Crippen LogP contribution is 2.32. The number of nitrogens with zero attached hydrogens (tertiary/aromatic N) is 3. The Hall–Kier alpha value is -2.39. The van der Waals surface area contributed by atoms with Gasteiger partial charge in [0.05, 0.1) is 5.56 Å². The maximum absolute atomic E-state index is 13.1. The molecule has 0 aliphatic carbocycles. The van der Waals surface area contributed by atoms with Crippen LogP contribution in [0.5, 0.6) is 0 Å². The quantitative estimate of drug-likeness (QED) is 0.162. The van der Waals surface area contributed by atoms with E-state index in [1.165, 1.54) is 7.05 Å². The number of benzene rings is 1. The Bertz CT molecular complexity index is 886. The maximum atomic E-state index is 13.1. The average molecular weight is 566 g/mol. The van der Waals surface area contributed by atoms with E-state index in [2.05, 4.69) is 30.9 Å². The molecule has 0 fully saturated rings. The number of hydrogen-bond donors (Lipinski definition) is 3. The fraction of sp³-hybridized carbons (Fsp3) is 0.353. The van der Waals surface area contributed by atoms with Crippen LogP contribution in [0.2, 0.25) is 0 Å². The molecule has 0 spiro atoms. The highest BCUT2D eigenvalue weighted by atomic mass is 127. The van der Waals surface area contributed by atoms with Crippen molar-refractivity contribution < 1.29 is 30.7 Å². The molecule has 1 heterocycles. The predicted molar refractivity (Wildman–Crippen MR) is 111 cm³/mol. The van der Waals surface area contributed by atoms with Crippen LogP contribution < -0.4 is 16.0 Å². The number of hydrogen-bond acceptors (Lipinski definition) is 4. The van der Waals surface area contributed by atoms with Crippen molar-refractivity contribution in [2.24, 2.45) is 4.99 Å². The summed E-state index contributed by atoms with van der Waals surface area (Å²) in [5.41, 5.74) is -2.37. The molecule has 0 bridgehead atoms. The van der Waals surface area contributed by atoms with E-state index in [4.69, 9.17) is 0 Å². The molecule has 6 nitrogen and oxygen atoms in total. The first kappa shape index (κ1) is 26.6. The number of rotatable bonds is 6. The number of guanidine groups is 1. The van der Waals surface area contributed by atoms with Gasteiger partial charge in [-0.2, -0.15) is 26.3 Å². The Morgan fingerprint density at radius 3 is 2.32 bits per heavy atom. The number of anilines is 1. The SMILES string of the molecule is CN=C(NCCNc1nccc(C(F)(F)F)n1)NCc1ccc(F)cc1C(F)(F)F.I. The second-order valence-corrected chi connectivity index (χ2v) is 5.84. The van der Waals surface area contributed by atoms with Gasteiger partial charge >= 0.3 is 12.4 Å². The molecule has 1 aromatic carbocycles. The molecule has 0 saturated heterocycles. The third kappa shape index (κ3) is 8.34. The van der Waals surface area contributed by atoms with Crippen LogP contribution in [-0.2, 0) is 18.9 Å². The standard InChI is InChI=1S/C17H17F7N6.HI/c1-25-14(29-9-10-2-3-11(18)8-12(10)16(19,20)21)27-6-7-28-15-26-5-4-13(30-15)17(22,23)24;/h2-5,8H,6-7,9H2,1H3,(H2,25,27,29)(H,26,28,30);1H. The first-order valence-corrected chi connectivity index (χ1v) is 8.45. The van der Waals surface area contributed by atoms with Crippen LogP contribution in [0.25, 0.3) is 0 Å². The van der Waals surface area contributed by atoms with Gasteiger partial charge in [-0.05, 0) is 23.8 Å². The minimum atomic E-state index is -4.72. The molecular weight excluding hydrogens is 548 g/mol. The maximum Gasteiger partial charge on any atom is 0.433 e. The Kier molecular flexibility index (Phi) is 9.71. The van der Waals surface area contributed by atoms with Crippen molar-refractivity contribution in [3.8, 4) is 0 Å². The van der Waals surface area contributed by atoms with Crippen molar-refractivity contribution in [3.63, 3.8) is 0 Å². The first-order valence-electron chi connectivity index (χ1n) is 8.45. The van der Waals surface area contributed by atoms with E-state index in [1.807, 2.05) is 0 Å². The smallest absolute Gasteiger partial charge is 0.355 e. The Balaban J connectivity index is 0.00000480. The van der Waals surface area contributed by atoms with E-state index in [0.29, 0.717) is 6.07 Å². The zero-order valence-corrected chi connectivity index (χ0v) is 18.2. The summed E-state index contributed by atoms with van der Waals surface area (Å²) in [5, 5.41) is 8.01. The summed E-state index contributed by atoms with van der Waals surface area (Å²) in [5.74, 6) is -1.09. The normalized spacial score (nSPS) is 12.2. The van der Waals surface area contributed by atoms with E-state index < -0.39 is 29.4 Å². The van der Waals surface area contributed by atoms with Gasteiger partial charge in [0, 0.05) is 32.9 Å². The summed E-state index contributed by atoms with van der Waals surface area (Å²) in [6, 6.07) is 3.08. The summed E-state index contributed by atoms with van der Waals surface area (Å²) in [7, 11) is 1.38. The van der Waals surface area contributed by atoms with Gasteiger partial charge in [0.1, 0.15) is 11.5 Å². The van der Waals surface area contributed by atoms with E-state index in [0.717, 1.165) is 24.4 Å². The molecule has 172 valence electrons. The Labute approximate surface area is 189 Å². The van der Waals surface area contributed by atoms with Gasteiger partial charge in [-0.15, -0.1) is 24.0 Å². The van der Waals surface area contributed by atoms with Gasteiger partial charge in [-0.25, -0.2) is 14.4 Å². The van der Waals surface area contributed by atoms with Crippen molar-refractivity contribution in [3.05, 3.63) is 53.1 Å². The van der Waals surface area contributed by atoms with Crippen LogP contribution >= 0.6 is 24.0 Å². The van der Waals surface area contributed by atoms with Crippen LogP contribution in [0.15, 0.2) is 35.5 Å². The summed E-state index contributed by atoms with van der Waals surface area (Å²) < 4.78 is 90.0. The summed E-state index contributed by atoms with van der Waals surface area (Å²) >= 11 is 0. The molecule has 0 unspecified atom stereocenters. The van der Waals surface area contributed by atoms with Crippen molar-refractivity contribution in [1.82, 2.24) is 20.6 Å². The molecule has 0 atom stereocenters. The van der Waals surface area contributed by atoms with Gasteiger partial charge < -0.3 is 16.0 Å². The number of halogens is 8. The highest BCUT2D eigenvalue weighted by molar-refractivity contribution is 14.0. The third-order valence-corrected chi connectivity index (χ3v) is 3.69. The molecule has 1 aromatic heterocycles. The third-order valence-electron chi connectivity index (χ3n) is 3.69. The zero-order chi connectivity index (χ0) is 22.4. The fourth-order valence-electron chi connectivity index (χ4n) is 2.32. The van der Waals surface area contributed by atoms with Gasteiger partial charge in [0.2, 0.25) is 5.95 Å². The number of aliphatic imine (C=N–C) groups is 1. The van der Waals surface area contributed by atoms with Crippen molar-refractivity contribution >= 4 is 35.9 Å². The number of nitrogens with one attached hydrogen (secondary N) is 3. The van der Waals surface area contributed by atoms with E-state index in [9.17, 15) is 30.7 Å². The molecule has 3 N–H and O–H groups in total.